The summed E-state index contributed by atoms with van der Waals surface area (Å²) in [5.74, 6) is 0. The van der Waals surface area contributed by atoms with E-state index in [4.69, 9.17) is 4.65 Å². The average molecular weight is 286 g/mol. The fourth-order valence-electron chi connectivity index (χ4n) is 2.23. The van der Waals surface area contributed by atoms with E-state index in [1.54, 1.807) is 0 Å². The Labute approximate surface area is 123 Å². The number of hydrazine groups is 1. The van der Waals surface area contributed by atoms with Gasteiger partial charge in [-0.3, -0.25) is 0 Å². The minimum Gasteiger partial charge on any atom is -0.423 e. The highest BCUT2D eigenvalue weighted by atomic mass is 32.1. The van der Waals surface area contributed by atoms with Crippen molar-refractivity contribution in [3.05, 3.63) is 48.0 Å². The molecular weight excluding hydrogens is 271 g/mol. The molecule has 0 bridgehead atoms. The lowest BCUT2D eigenvalue weighted by Crippen LogP contribution is -2.41. The molecule has 0 aromatic heterocycles. The first-order valence-electron chi connectivity index (χ1n) is 6.46. The van der Waals surface area contributed by atoms with Crippen LogP contribution in [0.1, 0.15) is 5.56 Å². The summed E-state index contributed by atoms with van der Waals surface area (Å²) in [6, 6.07) is 13.6. The van der Waals surface area contributed by atoms with Crippen molar-refractivity contribution in [2.45, 2.75) is 11.3 Å². The molecule has 0 unspecified atom stereocenters. The predicted molar refractivity (Wildman–Crippen MR) is 84.6 cm³/mol. The lowest BCUT2D eigenvalue weighted by molar-refractivity contribution is 0.266. The van der Waals surface area contributed by atoms with Gasteiger partial charge in [-0.05, 0) is 47.8 Å². The second-order valence-corrected chi connectivity index (χ2v) is 5.20. The number of anilines is 2. The van der Waals surface area contributed by atoms with Crippen LogP contribution in [0.4, 0.5) is 11.4 Å². The maximum atomic E-state index is 9.83. The van der Waals surface area contributed by atoms with E-state index in [-0.39, 0.29) is 0 Å². The van der Waals surface area contributed by atoms with E-state index in [0.717, 1.165) is 33.7 Å². The van der Waals surface area contributed by atoms with Crippen LogP contribution in [0.3, 0.4) is 0 Å². The molecule has 4 nitrogen and oxygen atoms in total. The Kier molecular flexibility index (Phi) is 3.87. The fourth-order valence-corrected chi connectivity index (χ4v) is 2.45. The average Bonchev–Trinajstić information content (AvgIpc) is 2.46. The Morgan fingerprint density at radius 2 is 1.90 bits per heavy atom. The molecule has 20 heavy (non-hydrogen) atoms. The summed E-state index contributed by atoms with van der Waals surface area (Å²) in [7, 11) is -0.832. The summed E-state index contributed by atoms with van der Waals surface area (Å²) in [4.78, 5) is 0.895. The summed E-state index contributed by atoms with van der Waals surface area (Å²) in [6.07, 6.45) is 0.835. The Balaban J connectivity index is 1.73. The molecule has 2 aromatic rings. The Morgan fingerprint density at radius 3 is 2.70 bits per heavy atom. The van der Waals surface area contributed by atoms with Crippen molar-refractivity contribution in [1.82, 2.24) is 0 Å². The van der Waals surface area contributed by atoms with Crippen molar-refractivity contribution in [1.29, 1.82) is 0 Å². The van der Waals surface area contributed by atoms with Crippen LogP contribution in [0, 0.1) is 0 Å². The third-order valence-corrected chi connectivity index (χ3v) is 3.53. The maximum absolute atomic E-state index is 9.83. The maximum Gasteiger partial charge on any atom is 0.491 e. The van der Waals surface area contributed by atoms with Crippen LogP contribution >= 0.6 is 12.6 Å². The molecule has 0 amide bonds. The van der Waals surface area contributed by atoms with Crippen LogP contribution in [0.15, 0.2) is 47.4 Å². The van der Waals surface area contributed by atoms with E-state index in [2.05, 4.69) is 23.5 Å². The van der Waals surface area contributed by atoms with E-state index >= 15 is 0 Å². The van der Waals surface area contributed by atoms with Crippen LogP contribution in [0.25, 0.3) is 0 Å². The lowest BCUT2D eigenvalue weighted by atomic mass is 9.73. The van der Waals surface area contributed by atoms with Crippen molar-refractivity contribution in [2.24, 2.45) is 0 Å². The summed E-state index contributed by atoms with van der Waals surface area (Å²) in [5, 5.41) is 9.83. The molecule has 0 fully saturated rings. The monoisotopic (exact) mass is 286 g/mol. The van der Waals surface area contributed by atoms with Crippen LogP contribution in [-0.2, 0) is 11.1 Å². The molecule has 1 heterocycles. The van der Waals surface area contributed by atoms with Crippen LogP contribution < -0.4 is 16.3 Å². The second-order valence-electron chi connectivity index (χ2n) is 4.69. The molecule has 3 N–H and O–H groups in total. The van der Waals surface area contributed by atoms with Crippen molar-refractivity contribution >= 4 is 36.6 Å². The highest BCUT2D eigenvalue weighted by Gasteiger charge is 2.24. The highest BCUT2D eigenvalue weighted by Crippen LogP contribution is 2.16. The quantitative estimate of drug-likeness (QED) is 0.394. The standard InChI is InChI=1S/C14H15BN2O2S/c18-15-14-9-12(5-4-10(14)6-7-19-15)17-16-11-2-1-3-13(20)8-11/h1-5,8-9,16-18,20H,6-7H2. The number of benzene rings is 2. The lowest BCUT2D eigenvalue weighted by Gasteiger charge is -2.20. The van der Waals surface area contributed by atoms with Crippen molar-refractivity contribution in [2.75, 3.05) is 17.5 Å². The SMILES string of the molecule is OB1OCCc2ccc(NNc3cccc(S)c3)cc21. The van der Waals surface area contributed by atoms with E-state index in [9.17, 15) is 5.02 Å². The molecule has 0 spiro atoms. The van der Waals surface area contributed by atoms with Gasteiger partial charge in [-0.25, -0.2) is 0 Å². The largest absolute Gasteiger partial charge is 0.491 e. The van der Waals surface area contributed by atoms with E-state index in [0.29, 0.717) is 6.61 Å². The van der Waals surface area contributed by atoms with Gasteiger partial charge in [-0.1, -0.05) is 12.1 Å². The van der Waals surface area contributed by atoms with Crippen LogP contribution in [0.2, 0.25) is 0 Å². The van der Waals surface area contributed by atoms with Gasteiger partial charge in [0.1, 0.15) is 0 Å². The first-order valence-corrected chi connectivity index (χ1v) is 6.91. The molecule has 6 heteroatoms. The Morgan fingerprint density at radius 1 is 1.10 bits per heavy atom. The van der Waals surface area contributed by atoms with Crippen molar-refractivity contribution in [3.8, 4) is 0 Å². The van der Waals surface area contributed by atoms with E-state index in [1.807, 2.05) is 42.5 Å². The normalized spacial score (nSPS) is 13.8. The zero-order valence-electron chi connectivity index (χ0n) is 10.8. The predicted octanol–water partition coefficient (Wildman–Crippen LogP) is 1.67. The molecule has 1 aliphatic heterocycles. The molecule has 0 saturated heterocycles. The van der Waals surface area contributed by atoms with Gasteiger partial charge in [-0.15, -0.1) is 12.6 Å². The molecule has 0 atom stereocenters. The smallest absolute Gasteiger partial charge is 0.423 e. The van der Waals surface area contributed by atoms with Gasteiger partial charge < -0.3 is 20.5 Å². The number of rotatable bonds is 3. The van der Waals surface area contributed by atoms with Gasteiger partial charge in [0, 0.05) is 11.5 Å². The zero-order valence-corrected chi connectivity index (χ0v) is 11.7. The summed E-state index contributed by atoms with van der Waals surface area (Å²) in [5.41, 5.74) is 9.96. The molecule has 0 aliphatic carbocycles. The van der Waals surface area contributed by atoms with Crippen LogP contribution in [0.5, 0.6) is 0 Å². The first-order chi connectivity index (χ1) is 9.72. The van der Waals surface area contributed by atoms with Gasteiger partial charge >= 0.3 is 7.12 Å². The van der Waals surface area contributed by atoms with Gasteiger partial charge in [0.15, 0.2) is 0 Å². The van der Waals surface area contributed by atoms with Gasteiger partial charge in [0.05, 0.1) is 11.4 Å². The molecule has 102 valence electrons. The number of hydrogen-bond donors (Lipinski definition) is 4. The number of fused-ring (bicyclic) bond motifs is 1. The molecule has 3 rings (SSSR count). The third-order valence-electron chi connectivity index (χ3n) is 3.26. The molecule has 1 aliphatic rings. The summed E-state index contributed by atoms with van der Waals surface area (Å²) >= 11 is 4.29. The topological polar surface area (TPSA) is 53.5 Å². The Hall–Kier alpha value is -1.63. The zero-order chi connectivity index (χ0) is 13.9. The Bertz CT molecular complexity index is 624. The molecular formula is C14H15BN2O2S. The fraction of sp³-hybridized carbons (Fsp3) is 0.143. The van der Waals surface area contributed by atoms with Gasteiger partial charge in [0.25, 0.3) is 0 Å². The minimum absolute atomic E-state index is 0.563. The number of nitrogens with one attached hydrogen (secondary N) is 2. The summed E-state index contributed by atoms with van der Waals surface area (Å²) < 4.78 is 5.24. The van der Waals surface area contributed by atoms with E-state index < -0.39 is 7.12 Å². The highest BCUT2D eigenvalue weighted by molar-refractivity contribution is 7.80. The first kappa shape index (κ1) is 13.4. The number of thiol groups is 1. The van der Waals surface area contributed by atoms with Gasteiger partial charge in [-0.2, -0.15) is 0 Å². The number of hydrogen-bond acceptors (Lipinski definition) is 5. The summed E-state index contributed by atoms with van der Waals surface area (Å²) in [6.45, 7) is 0.563. The third kappa shape index (κ3) is 2.93. The second kappa shape index (κ2) is 5.79. The van der Waals surface area contributed by atoms with Crippen molar-refractivity contribution in [3.63, 3.8) is 0 Å². The molecule has 0 saturated carbocycles. The molecule has 0 radical (unpaired) electrons. The van der Waals surface area contributed by atoms with Crippen molar-refractivity contribution < 1.29 is 9.68 Å². The molecule has 2 aromatic carbocycles. The minimum atomic E-state index is -0.832. The van der Waals surface area contributed by atoms with E-state index in [1.165, 1.54) is 0 Å². The van der Waals surface area contributed by atoms with Gasteiger partial charge in [0.2, 0.25) is 0 Å². The van der Waals surface area contributed by atoms with Crippen LogP contribution in [-0.4, -0.2) is 18.7 Å².